The molecule has 4 unspecified atom stereocenters. The van der Waals surface area contributed by atoms with Gasteiger partial charge < -0.3 is 10.2 Å². The molecule has 0 saturated heterocycles. The van der Waals surface area contributed by atoms with E-state index in [1.807, 2.05) is 6.92 Å². The van der Waals surface area contributed by atoms with Gasteiger partial charge in [0.05, 0.1) is 6.10 Å². The standard InChI is InChI=1S/C20H34O3/c1-13(9-11-21)6-7-15-14(2)16(22)12-17-19(3,4)18(23)8-10-20(15,17)5/h13,17-18,21,23H,6-12H2,1-5H3. The third-order valence-corrected chi connectivity index (χ3v) is 6.92. The first-order valence-corrected chi connectivity index (χ1v) is 9.17. The molecule has 3 heteroatoms. The monoisotopic (exact) mass is 322 g/mol. The summed E-state index contributed by atoms with van der Waals surface area (Å²) in [6.45, 7) is 11.0. The van der Waals surface area contributed by atoms with Crippen molar-refractivity contribution in [2.24, 2.45) is 22.7 Å². The highest BCUT2D eigenvalue weighted by Gasteiger charge is 2.55. The van der Waals surface area contributed by atoms with E-state index in [9.17, 15) is 9.90 Å². The summed E-state index contributed by atoms with van der Waals surface area (Å²) in [5.41, 5.74) is 2.10. The van der Waals surface area contributed by atoms with Crippen molar-refractivity contribution in [1.82, 2.24) is 0 Å². The molecule has 132 valence electrons. The Bertz CT molecular complexity index is 491. The van der Waals surface area contributed by atoms with E-state index >= 15 is 0 Å². The van der Waals surface area contributed by atoms with Gasteiger partial charge in [0.2, 0.25) is 0 Å². The van der Waals surface area contributed by atoms with Crippen LogP contribution in [-0.4, -0.2) is 28.7 Å². The maximum atomic E-state index is 12.6. The van der Waals surface area contributed by atoms with Gasteiger partial charge in [-0.05, 0) is 67.3 Å². The van der Waals surface area contributed by atoms with Crippen LogP contribution in [0.4, 0.5) is 0 Å². The van der Waals surface area contributed by atoms with Crippen LogP contribution in [0.2, 0.25) is 0 Å². The molecular weight excluding hydrogens is 288 g/mol. The Morgan fingerprint density at radius 1 is 1.26 bits per heavy atom. The van der Waals surface area contributed by atoms with Gasteiger partial charge in [-0.15, -0.1) is 0 Å². The number of hydrogen-bond acceptors (Lipinski definition) is 3. The Balaban J connectivity index is 2.31. The largest absolute Gasteiger partial charge is 0.396 e. The van der Waals surface area contributed by atoms with Crippen molar-refractivity contribution in [3.63, 3.8) is 0 Å². The summed E-state index contributed by atoms with van der Waals surface area (Å²) in [4.78, 5) is 12.6. The first-order valence-electron chi connectivity index (χ1n) is 9.17. The predicted molar refractivity (Wildman–Crippen MR) is 93.0 cm³/mol. The molecule has 0 aromatic heterocycles. The van der Waals surface area contributed by atoms with Gasteiger partial charge in [0.25, 0.3) is 0 Å². The molecular formula is C20H34O3. The molecule has 2 rings (SSSR count). The van der Waals surface area contributed by atoms with Crippen LogP contribution in [0.1, 0.15) is 73.1 Å². The Labute approximate surface area is 141 Å². The van der Waals surface area contributed by atoms with E-state index < -0.39 is 0 Å². The topological polar surface area (TPSA) is 57.5 Å². The molecule has 3 nitrogen and oxygen atoms in total. The molecule has 23 heavy (non-hydrogen) atoms. The molecule has 0 radical (unpaired) electrons. The van der Waals surface area contributed by atoms with Crippen molar-refractivity contribution in [1.29, 1.82) is 0 Å². The molecule has 0 aromatic rings. The fraction of sp³-hybridized carbons (Fsp3) is 0.850. The second-order valence-electron chi connectivity index (χ2n) is 8.73. The zero-order valence-corrected chi connectivity index (χ0v) is 15.5. The number of allylic oxidation sites excluding steroid dienone is 2. The van der Waals surface area contributed by atoms with Crippen LogP contribution in [0.25, 0.3) is 0 Å². The molecule has 2 aliphatic carbocycles. The van der Waals surface area contributed by atoms with Gasteiger partial charge in [-0.2, -0.15) is 0 Å². The van der Waals surface area contributed by atoms with Crippen molar-refractivity contribution in [2.45, 2.75) is 79.2 Å². The molecule has 0 bridgehead atoms. The van der Waals surface area contributed by atoms with Crippen LogP contribution >= 0.6 is 0 Å². The lowest BCUT2D eigenvalue weighted by atomic mass is 9.49. The van der Waals surface area contributed by atoms with E-state index in [0.29, 0.717) is 12.3 Å². The van der Waals surface area contributed by atoms with Gasteiger partial charge in [-0.25, -0.2) is 0 Å². The van der Waals surface area contributed by atoms with E-state index in [0.717, 1.165) is 37.7 Å². The van der Waals surface area contributed by atoms with E-state index in [4.69, 9.17) is 5.11 Å². The van der Waals surface area contributed by atoms with Crippen molar-refractivity contribution in [2.75, 3.05) is 6.61 Å². The van der Waals surface area contributed by atoms with Crippen molar-refractivity contribution in [3.8, 4) is 0 Å². The summed E-state index contributed by atoms with van der Waals surface area (Å²) in [7, 11) is 0. The average molecular weight is 322 g/mol. The molecule has 0 aliphatic heterocycles. The van der Waals surface area contributed by atoms with Crippen LogP contribution in [0.15, 0.2) is 11.1 Å². The Morgan fingerprint density at radius 3 is 2.52 bits per heavy atom. The predicted octanol–water partition coefficient (Wildman–Crippen LogP) is 3.88. The summed E-state index contributed by atoms with van der Waals surface area (Å²) in [5.74, 6) is 0.958. The summed E-state index contributed by atoms with van der Waals surface area (Å²) in [6, 6.07) is 0. The molecule has 1 fully saturated rings. The zero-order valence-electron chi connectivity index (χ0n) is 15.5. The van der Waals surface area contributed by atoms with Crippen molar-refractivity contribution in [3.05, 3.63) is 11.1 Å². The number of carbonyl (C=O) groups excluding carboxylic acids is 1. The van der Waals surface area contributed by atoms with Crippen LogP contribution < -0.4 is 0 Å². The summed E-state index contributed by atoms with van der Waals surface area (Å²) in [5, 5.41) is 19.6. The number of carbonyl (C=O) groups is 1. The third kappa shape index (κ3) is 3.28. The zero-order chi connectivity index (χ0) is 17.4. The Kier molecular flexibility index (Phi) is 5.42. The van der Waals surface area contributed by atoms with Gasteiger partial charge in [0.15, 0.2) is 5.78 Å². The normalized spacial score (nSPS) is 35.2. The SMILES string of the molecule is CC1=C(CCC(C)CCO)C2(C)CCC(O)C(C)(C)C2CC1=O. The molecule has 0 heterocycles. The number of rotatable bonds is 5. The van der Waals surface area contributed by atoms with E-state index in [-0.39, 0.29) is 35.2 Å². The van der Waals surface area contributed by atoms with Crippen LogP contribution in [0.3, 0.4) is 0 Å². The lowest BCUT2D eigenvalue weighted by molar-refractivity contribution is -0.129. The fourth-order valence-electron chi connectivity index (χ4n) is 5.05. The van der Waals surface area contributed by atoms with E-state index in [1.54, 1.807) is 0 Å². The smallest absolute Gasteiger partial charge is 0.158 e. The van der Waals surface area contributed by atoms with Gasteiger partial charge in [0.1, 0.15) is 0 Å². The summed E-state index contributed by atoms with van der Waals surface area (Å²) >= 11 is 0. The molecule has 0 aromatic carbocycles. The fourth-order valence-corrected chi connectivity index (χ4v) is 5.05. The maximum Gasteiger partial charge on any atom is 0.158 e. The highest BCUT2D eigenvalue weighted by Crippen LogP contribution is 2.59. The summed E-state index contributed by atoms with van der Waals surface area (Å²) in [6.07, 6.45) is 4.82. The number of aliphatic hydroxyl groups excluding tert-OH is 2. The van der Waals surface area contributed by atoms with Crippen LogP contribution in [0.5, 0.6) is 0 Å². The van der Waals surface area contributed by atoms with Gasteiger partial charge >= 0.3 is 0 Å². The number of ketones is 1. The maximum absolute atomic E-state index is 12.6. The minimum absolute atomic E-state index is 0.0274. The third-order valence-electron chi connectivity index (χ3n) is 6.92. The molecule has 0 amide bonds. The molecule has 4 atom stereocenters. The van der Waals surface area contributed by atoms with Gasteiger partial charge in [-0.3, -0.25) is 4.79 Å². The molecule has 0 spiro atoms. The number of hydrogen-bond donors (Lipinski definition) is 2. The minimum atomic E-state index is -0.318. The molecule has 2 aliphatic rings. The second-order valence-corrected chi connectivity index (χ2v) is 8.73. The lowest BCUT2D eigenvalue weighted by Crippen LogP contribution is -2.53. The van der Waals surface area contributed by atoms with Gasteiger partial charge in [0, 0.05) is 13.0 Å². The average Bonchev–Trinajstić information content (AvgIpc) is 2.47. The highest BCUT2D eigenvalue weighted by atomic mass is 16.3. The quantitative estimate of drug-likeness (QED) is 0.807. The highest BCUT2D eigenvalue weighted by molar-refractivity contribution is 5.97. The Morgan fingerprint density at radius 2 is 1.91 bits per heavy atom. The second kappa shape index (κ2) is 6.68. The van der Waals surface area contributed by atoms with Crippen LogP contribution in [0, 0.1) is 22.7 Å². The van der Waals surface area contributed by atoms with E-state index in [2.05, 4.69) is 27.7 Å². The minimum Gasteiger partial charge on any atom is -0.396 e. The van der Waals surface area contributed by atoms with Crippen molar-refractivity contribution >= 4 is 5.78 Å². The van der Waals surface area contributed by atoms with Crippen molar-refractivity contribution < 1.29 is 15.0 Å². The van der Waals surface area contributed by atoms with Crippen LogP contribution in [-0.2, 0) is 4.79 Å². The first kappa shape index (κ1) is 18.7. The number of aliphatic hydroxyl groups is 2. The number of Topliss-reactive ketones (excluding diaryl/α,β-unsaturated/α-hetero) is 1. The van der Waals surface area contributed by atoms with E-state index in [1.165, 1.54) is 5.57 Å². The van der Waals surface area contributed by atoms with Gasteiger partial charge in [-0.1, -0.05) is 33.3 Å². The summed E-state index contributed by atoms with van der Waals surface area (Å²) < 4.78 is 0. The molecule has 2 N–H and O–H groups in total. The first-order chi connectivity index (χ1) is 10.6. The lowest BCUT2D eigenvalue weighted by Gasteiger charge is -2.56. The number of fused-ring (bicyclic) bond motifs is 1. The Hall–Kier alpha value is -0.670. The molecule has 1 saturated carbocycles.